The fourth-order valence-electron chi connectivity index (χ4n) is 3.76. The number of fused-ring (bicyclic) bond motifs is 1. The van der Waals surface area contributed by atoms with Crippen molar-refractivity contribution >= 4 is 46.4 Å². The molecule has 4 rings (SSSR count). The minimum atomic E-state index is -0.678. The Morgan fingerprint density at radius 3 is 2.72 bits per heavy atom. The average Bonchev–Trinajstić information content (AvgIpc) is 2.97. The van der Waals surface area contributed by atoms with E-state index in [1.165, 1.54) is 6.20 Å². The molecule has 3 aromatic rings. The van der Waals surface area contributed by atoms with Crippen LogP contribution in [0.2, 0.25) is 5.02 Å². The molecule has 1 aliphatic heterocycles. The number of carbonyl (C=O) groups is 2. The number of aliphatic hydroxyl groups is 1. The van der Waals surface area contributed by atoms with Gasteiger partial charge in [0.05, 0.1) is 18.0 Å². The van der Waals surface area contributed by atoms with Crippen molar-refractivity contribution in [3.05, 3.63) is 88.2 Å². The Hall–Kier alpha value is -2.93. The van der Waals surface area contributed by atoms with E-state index in [0.717, 1.165) is 5.56 Å². The zero-order valence-corrected chi connectivity index (χ0v) is 18.6. The van der Waals surface area contributed by atoms with Crippen molar-refractivity contribution in [1.29, 1.82) is 0 Å². The van der Waals surface area contributed by atoms with Crippen LogP contribution < -0.4 is 10.2 Å². The third-order valence-corrected chi connectivity index (χ3v) is 5.91. The van der Waals surface area contributed by atoms with Gasteiger partial charge in [0, 0.05) is 34.3 Å². The summed E-state index contributed by atoms with van der Waals surface area (Å²) in [4.78, 5) is 31.7. The number of hydrogen-bond acceptors (Lipinski definition) is 4. The molecule has 164 valence electrons. The van der Waals surface area contributed by atoms with Crippen LogP contribution in [0, 0.1) is 0 Å². The van der Waals surface area contributed by atoms with Crippen LogP contribution in [0.15, 0.2) is 60.8 Å². The summed E-state index contributed by atoms with van der Waals surface area (Å²) >= 11 is 12.0. The van der Waals surface area contributed by atoms with Gasteiger partial charge in [-0.15, -0.1) is 11.6 Å². The minimum absolute atomic E-state index is 0.229. The van der Waals surface area contributed by atoms with Gasteiger partial charge < -0.3 is 15.3 Å². The van der Waals surface area contributed by atoms with Crippen molar-refractivity contribution in [2.45, 2.75) is 24.8 Å². The van der Waals surface area contributed by atoms with Crippen LogP contribution in [-0.4, -0.2) is 28.4 Å². The molecule has 6 nitrogen and oxygen atoms in total. The Balaban J connectivity index is 1.54. The highest BCUT2D eigenvalue weighted by Crippen LogP contribution is 2.35. The SMILES string of the molecule is O=C(Nc1ccc(C(=O)N2CCCC(O)c3cc(Cl)ccc32)nc1)c1ccccc1CCl. The molecular weight excluding hydrogens is 449 g/mol. The molecule has 0 bridgehead atoms. The number of alkyl halides is 1. The monoisotopic (exact) mass is 469 g/mol. The number of aromatic nitrogens is 1. The predicted molar refractivity (Wildman–Crippen MR) is 126 cm³/mol. The number of nitrogens with one attached hydrogen (secondary N) is 1. The average molecular weight is 470 g/mol. The Kier molecular flexibility index (Phi) is 6.74. The number of aliphatic hydroxyl groups excluding tert-OH is 1. The van der Waals surface area contributed by atoms with Gasteiger partial charge in [0.25, 0.3) is 11.8 Å². The third kappa shape index (κ3) is 4.63. The molecule has 0 spiro atoms. The van der Waals surface area contributed by atoms with Crippen LogP contribution in [0.1, 0.15) is 50.9 Å². The van der Waals surface area contributed by atoms with E-state index in [2.05, 4.69) is 10.3 Å². The normalized spacial score (nSPS) is 15.6. The number of hydrogen-bond donors (Lipinski definition) is 2. The zero-order valence-electron chi connectivity index (χ0n) is 17.1. The Bertz CT molecular complexity index is 1150. The lowest BCUT2D eigenvalue weighted by Crippen LogP contribution is -2.32. The first-order valence-electron chi connectivity index (χ1n) is 10.2. The summed E-state index contributed by atoms with van der Waals surface area (Å²) < 4.78 is 0. The second-order valence-electron chi connectivity index (χ2n) is 7.49. The van der Waals surface area contributed by atoms with Gasteiger partial charge in [-0.25, -0.2) is 4.98 Å². The van der Waals surface area contributed by atoms with Gasteiger partial charge in [-0.3, -0.25) is 9.59 Å². The fourth-order valence-corrected chi connectivity index (χ4v) is 4.17. The Morgan fingerprint density at radius 2 is 1.97 bits per heavy atom. The van der Waals surface area contributed by atoms with Gasteiger partial charge in [-0.1, -0.05) is 29.8 Å². The van der Waals surface area contributed by atoms with Gasteiger partial charge in [0.1, 0.15) is 5.69 Å². The molecule has 2 aromatic carbocycles. The van der Waals surface area contributed by atoms with E-state index in [-0.39, 0.29) is 23.4 Å². The summed E-state index contributed by atoms with van der Waals surface area (Å²) in [5.41, 5.74) is 3.18. The van der Waals surface area contributed by atoms with Gasteiger partial charge in [0.15, 0.2) is 0 Å². The summed E-state index contributed by atoms with van der Waals surface area (Å²) in [6, 6.07) is 15.4. The third-order valence-electron chi connectivity index (χ3n) is 5.39. The molecule has 0 saturated heterocycles. The zero-order chi connectivity index (χ0) is 22.7. The molecular formula is C24H21Cl2N3O3. The van der Waals surface area contributed by atoms with Crippen LogP contribution in [0.25, 0.3) is 0 Å². The van der Waals surface area contributed by atoms with E-state index in [9.17, 15) is 14.7 Å². The van der Waals surface area contributed by atoms with E-state index in [0.29, 0.717) is 46.9 Å². The van der Waals surface area contributed by atoms with Crippen LogP contribution in [0.3, 0.4) is 0 Å². The summed E-state index contributed by atoms with van der Waals surface area (Å²) in [7, 11) is 0. The number of benzene rings is 2. The summed E-state index contributed by atoms with van der Waals surface area (Å²) in [5.74, 6) is -0.352. The highest BCUT2D eigenvalue weighted by Gasteiger charge is 2.27. The van der Waals surface area contributed by atoms with Crippen LogP contribution in [-0.2, 0) is 5.88 Å². The Morgan fingerprint density at radius 1 is 1.16 bits per heavy atom. The summed E-state index contributed by atoms with van der Waals surface area (Å²) in [5, 5.41) is 13.7. The van der Waals surface area contributed by atoms with E-state index in [4.69, 9.17) is 23.2 Å². The molecule has 1 atom stereocenters. The molecule has 1 unspecified atom stereocenters. The van der Waals surface area contributed by atoms with Gasteiger partial charge in [-0.05, 0) is 54.8 Å². The summed E-state index contributed by atoms with van der Waals surface area (Å²) in [6.45, 7) is 0.458. The number of carbonyl (C=O) groups excluding carboxylic acids is 2. The highest BCUT2D eigenvalue weighted by atomic mass is 35.5. The smallest absolute Gasteiger partial charge is 0.276 e. The minimum Gasteiger partial charge on any atom is -0.388 e. The summed E-state index contributed by atoms with van der Waals surface area (Å²) in [6.07, 6.45) is 1.96. The lowest BCUT2D eigenvalue weighted by molar-refractivity contribution is 0.0981. The van der Waals surface area contributed by atoms with Crippen molar-refractivity contribution in [3.63, 3.8) is 0 Å². The fraction of sp³-hybridized carbons (Fsp3) is 0.208. The van der Waals surface area contributed by atoms with E-state index >= 15 is 0 Å². The van der Waals surface area contributed by atoms with Gasteiger partial charge in [0.2, 0.25) is 0 Å². The number of halogens is 2. The lowest BCUT2D eigenvalue weighted by atomic mass is 10.0. The molecule has 8 heteroatoms. The van der Waals surface area contributed by atoms with E-state index in [1.54, 1.807) is 53.4 Å². The first-order valence-corrected chi connectivity index (χ1v) is 11.1. The number of anilines is 2. The van der Waals surface area contributed by atoms with Crippen LogP contribution in [0.4, 0.5) is 11.4 Å². The molecule has 1 aromatic heterocycles. The van der Waals surface area contributed by atoms with E-state index in [1.807, 2.05) is 6.07 Å². The quantitative estimate of drug-likeness (QED) is 0.514. The Labute approximate surface area is 195 Å². The highest BCUT2D eigenvalue weighted by molar-refractivity contribution is 6.30. The van der Waals surface area contributed by atoms with Crippen molar-refractivity contribution in [3.8, 4) is 0 Å². The maximum atomic E-state index is 13.2. The molecule has 2 amide bonds. The predicted octanol–water partition coefficient (Wildman–Crippen LogP) is 5.20. The largest absolute Gasteiger partial charge is 0.388 e. The first-order chi connectivity index (χ1) is 15.5. The lowest BCUT2D eigenvalue weighted by Gasteiger charge is -2.23. The van der Waals surface area contributed by atoms with Crippen molar-refractivity contribution in [1.82, 2.24) is 4.98 Å². The number of nitrogens with zero attached hydrogens (tertiary/aromatic N) is 2. The molecule has 1 aliphatic rings. The molecule has 2 N–H and O–H groups in total. The maximum absolute atomic E-state index is 13.2. The second-order valence-corrected chi connectivity index (χ2v) is 8.20. The molecule has 0 fully saturated rings. The maximum Gasteiger partial charge on any atom is 0.276 e. The van der Waals surface area contributed by atoms with Gasteiger partial charge >= 0.3 is 0 Å². The van der Waals surface area contributed by atoms with Crippen LogP contribution in [0.5, 0.6) is 0 Å². The standard InChI is InChI=1S/C24H21Cl2N3O3/c25-13-15-4-1-2-5-18(15)23(31)28-17-8-9-20(27-14-17)24(32)29-11-3-6-22(30)19-12-16(26)7-10-21(19)29/h1-2,4-5,7-10,12,14,22,30H,3,6,11,13H2,(H,28,31). The number of rotatable bonds is 4. The molecule has 0 radical (unpaired) electrons. The molecule has 0 saturated carbocycles. The molecule has 2 heterocycles. The number of pyridine rings is 1. The number of amides is 2. The van der Waals surface area contributed by atoms with Crippen molar-refractivity contribution in [2.75, 3.05) is 16.8 Å². The first kappa shape index (κ1) is 22.3. The van der Waals surface area contributed by atoms with E-state index < -0.39 is 6.10 Å². The topological polar surface area (TPSA) is 82.5 Å². The molecule has 32 heavy (non-hydrogen) atoms. The molecule has 0 aliphatic carbocycles. The van der Waals surface area contributed by atoms with Gasteiger partial charge in [-0.2, -0.15) is 0 Å². The second kappa shape index (κ2) is 9.69. The van der Waals surface area contributed by atoms with Crippen molar-refractivity contribution < 1.29 is 14.7 Å². The van der Waals surface area contributed by atoms with Crippen LogP contribution >= 0.6 is 23.2 Å². The van der Waals surface area contributed by atoms with Crippen molar-refractivity contribution in [2.24, 2.45) is 0 Å².